The number of hydrogen-bond acceptors (Lipinski definition) is 4. The zero-order valence-corrected chi connectivity index (χ0v) is 7.42. The SMILES string of the molecule is CC(=O)c1noc(C(C)C)c1N. The van der Waals surface area contributed by atoms with Crippen LogP contribution >= 0.6 is 0 Å². The Morgan fingerprint density at radius 2 is 2.17 bits per heavy atom. The molecular formula is C8H12N2O2. The number of nitrogen functional groups attached to an aromatic ring is 1. The van der Waals surface area contributed by atoms with Crippen LogP contribution in [0.3, 0.4) is 0 Å². The topological polar surface area (TPSA) is 69.1 Å². The van der Waals surface area contributed by atoms with E-state index in [1.54, 1.807) is 0 Å². The van der Waals surface area contributed by atoms with Crippen LogP contribution in [-0.4, -0.2) is 10.9 Å². The maximum atomic E-state index is 10.9. The van der Waals surface area contributed by atoms with Gasteiger partial charge >= 0.3 is 0 Å². The molecule has 0 aromatic carbocycles. The number of anilines is 1. The van der Waals surface area contributed by atoms with Gasteiger partial charge in [0.25, 0.3) is 0 Å². The van der Waals surface area contributed by atoms with Crippen LogP contribution in [0.15, 0.2) is 4.52 Å². The standard InChI is InChI=1S/C8H12N2O2/c1-4(2)8-6(9)7(5(3)11)10-12-8/h4H,9H2,1-3H3. The van der Waals surface area contributed by atoms with Crippen LogP contribution in [0, 0.1) is 0 Å². The molecule has 0 saturated carbocycles. The van der Waals surface area contributed by atoms with Crippen LogP contribution in [0.1, 0.15) is 42.9 Å². The molecule has 2 N–H and O–H groups in total. The summed E-state index contributed by atoms with van der Waals surface area (Å²) in [5, 5.41) is 3.59. The van der Waals surface area contributed by atoms with E-state index in [2.05, 4.69) is 5.16 Å². The summed E-state index contributed by atoms with van der Waals surface area (Å²) >= 11 is 0. The highest BCUT2D eigenvalue weighted by molar-refractivity contribution is 5.97. The molecule has 4 nitrogen and oxygen atoms in total. The van der Waals surface area contributed by atoms with Gasteiger partial charge in [-0.15, -0.1) is 0 Å². The summed E-state index contributed by atoms with van der Waals surface area (Å²) in [6, 6.07) is 0. The van der Waals surface area contributed by atoms with Gasteiger partial charge in [0.1, 0.15) is 5.69 Å². The number of carbonyl (C=O) groups is 1. The molecule has 1 heterocycles. The van der Waals surface area contributed by atoms with Crippen molar-refractivity contribution in [1.82, 2.24) is 5.16 Å². The fraction of sp³-hybridized carbons (Fsp3) is 0.500. The number of hydrogen-bond donors (Lipinski definition) is 1. The number of Topliss-reactive ketones (excluding diaryl/α,β-unsaturated/α-hetero) is 1. The fourth-order valence-corrected chi connectivity index (χ4v) is 0.980. The predicted octanol–water partition coefficient (Wildman–Crippen LogP) is 1.58. The fourth-order valence-electron chi connectivity index (χ4n) is 0.980. The first-order valence-corrected chi connectivity index (χ1v) is 3.80. The van der Waals surface area contributed by atoms with Gasteiger partial charge in [0.2, 0.25) is 0 Å². The molecule has 0 bridgehead atoms. The van der Waals surface area contributed by atoms with Gasteiger partial charge in [-0.2, -0.15) is 0 Å². The summed E-state index contributed by atoms with van der Waals surface area (Å²) in [7, 11) is 0. The predicted molar refractivity (Wildman–Crippen MR) is 45.0 cm³/mol. The number of nitrogens with zero attached hydrogens (tertiary/aromatic N) is 1. The van der Waals surface area contributed by atoms with Crippen molar-refractivity contribution in [3.63, 3.8) is 0 Å². The lowest BCUT2D eigenvalue weighted by Gasteiger charge is -1.98. The molecule has 1 aromatic heterocycles. The lowest BCUT2D eigenvalue weighted by molar-refractivity contribution is 0.101. The third kappa shape index (κ3) is 1.32. The normalized spacial score (nSPS) is 10.7. The molecule has 0 radical (unpaired) electrons. The Morgan fingerprint density at radius 3 is 2.42 bits per heavy atom. The van der Waals surface area contributed by atoms with E-state index in [1.165, 1.54) is 6.92 Å². The van der Waals surface area contributed by atoms with Crippen LogP contribution in [0.4, 0.5) is 5.69 Å². The molecule has 0 saturated heterocycles. The second-order valence-electron chi connectivity index (χ2n) is 3.02. The molecule has 0 atom stereocenters. The molecular weight excluding hydrogens is 156 g/mol. The molecule has 12 heavy (non-hydrogen) atoms. The maximum absolute atomic E-state index is 10.9. The summed E-state index contributed by atoms with van der Waals surface area (Å²) in [5.74, 6) is 0.578. The van der Waals surface area contributed by atoms with Crippen molar-refractivity contribution >= 4 is 11.5 Å². The van der Waals surface area contributed by atoms with Crippen LogP contribution in [-0.2, 0) is 0 Å². The molecule has 0 aliphatic heterocycles. The van der Waals surface area contributed by atoms with E-state index < -0.39 is 0 Å². The number of nitrogens with two attached hydrogens (primary N) is 1. The minimum absolute atomic E-state index is 0.158. The highest BCUT2D eigenvalue weighted by Gasteiger charge is 2.18. The van der Waals surface area contributed by atoms with Gasteiger partial charge in [-0.05, 0) is 0 Å². The van der Waals surface area contributed by atoms with Crippen molar-refractivity contribution < 1.29 is 9.32 Å². The molecule has 0 spiro atoms. The lowest BCUT2D eigenvalue weighted by Crippen LogP contribution is -1.99. The minimum atomic E-state index is -0.164. The average Bonchev–Trinajstić information content (AvgIpc) is 2.30. The van der Waals surface area contributed by atoms with E-state index in [-0.39, 0.29) is 17.4 Å². The van der Waals surface area contributed by atoms with Gasteiger partial charge in [-0.3, -0.25) is 4.79 Å². The van der Waals surface area contributed by atoms with Crippen molar-refractivity contribution in [3.8, 4) is 0 Å². The van der Waals surface area contributed by atoms with Gasteiger partial charge in [0, 0.05) is 12.8 Å². The summed E-state index contributed by atoms with van der Waals surface area (Å²) in [4.78, 5) is 10.9. The zero-order valence-electron chi connectivity index (χ0n) is 7.42. The molecule has 0 aliphatic rings. The van der Waals surface area contributed by atoms with Gasteiger partial charge in [0.15, 0.2) is 17.2 Å². The summed E-state index contributed by atoms with van der Waals surface area (Å²) in [6.45, 7) is 5.28. The van der Waals surface area contributed by atoms with Crippen LogP contribution in [0.5, 0.6) is 0 Å². The number of rotatable bonds is 2. The Labute approximate surface area is 70.7 Å². The second-order valence-corrected chi connectivity index (χ2v) is 3.02. The van der Waals surface area contributed by atoms with Crippen molar-refractivity contribution in [3.05, 3.63) is 11.5 Å². The van der Waals surface area contributed by atoms with Crippen molar-refractivity contribution in [1.29, 1.82) is 0 Å². The highest BCUT2D eigenvalue weighted by Crippen LogP contribution is 2.24. The average molecular weight is 168 g/mol. The largest absolute Gasteiger partial charge is 0.394 e. The Hall–Kier alpha value is -1.32. The third-order valence-electron chi connectivity index (χ3n) is 1.61. The molecule has 1 rings (SSSR count). The van der Waals surface area contributed by atoms with Gasteiger partial charge in [-0.25, -0.2) is 0 Å². The number of carbonyl (C=O) groups excluding carboxylic acids is 1. The van der Waals surface area contributed by atoms with Crippen LogP contribution in [0.25, 0.3) is 0 Å². The van der Waals surface area contributed by atoms with E-state index >= 15 is 0 Å². The Morgan fingerprint density at radius 1 is 1.58 bits per heavy atom. The van der Waals surface area contributed by atoms with Crippen molar-refractivity contribution in [2.75, 3.05) is 5.73 Å². The minimum Gasteiger partial charge on any atom is -0.394 e. The molecule has 0 aliphatic carbocycles. The van der Waals surface area contributed by atoms with Gasteiger partial charge in [0.05, 0.1) is 0 Å². The van der Waals surface area contributed by atoms with E-state index in [1.807, 2.05) is 13.8 Å². The van der Waals surface area contributed by atoms with E-state index in [9.17, 15) is 4.79 Å². The van der Waals surface area contributed by atoms with Crippen LogP contribution in [0.2, 0.25) is 0 Å². The highest BCUT2D eigenvalue weighted by atomic mass is 16.5. The Balaban J connectivity index is 3.13. The smallest absolute Gasteiger partial charge is 0.183 e. The first-order chi connectivity index (χ1) is 5.54. The van der Waals surface area contributed by atoms with E-state index in [4.69, 9.17) is 10.3 Å². The Bertz CT molecular complexity index is 302. The second kappa shape index (κ2) is 2.97. The van der Waals surface area contributed by atoms with Gasteiger partial charge < -0.3 is 10.3 Å². The summed E-state index contributed by atoms with van der Waals surface area (Å²) in [6.07, 6.45) is 0. The van der Waals surface area contributed by atoms with Gasteiger partial charge in [-0.1, -0.05) is 19.0 Å². The molecule has 0 amide bonds. The van der Waals surface area contributed by atoms with E-state index in [0.29, 0.717) is 11.4 Å². The van der Waals surface area contributed by atoms with Crippen LogP contribution < -0.4 is 5.73 Å². The lowest BCUT2D eigenvalue weighted by atomic mass is 10.1. The quantitative estimate of drug-likeness (QED) is 0.680. The summed E-state index contributed by atoms with van der Waals surface area (Å²) in [5.41, 5.74) is 6.24. The zero-order chi connectivity index (χ0) is 9.30. The third-order valence-corrected chi connectivity index (χ3v) is 1.61. The molecule has 66 valence electrons. The maximum Gasteiger partial charge on any atom is 0.183 e. The Kier molecular flexibility index (Phi) is 2.17. The molecule has 0 unspecified atom stereocenters. The monoisotopic (exact) mass is 168 g/mol. The number of ketones is 1. The van der Waals surface area contributed by atoms with E-state index in [0.717, 1.165) is 0 Å². The first kappa shape index (κ1) is 8.77. The summed E-state index contributed by atoms with van der Waals surface area (Å²) < 4.78 is 4.92. The molecule has 4 heteroatoms. The molecule has 0 fully saturated rings. The van der Waals surface area contributed by atoms with Crippen molar-refractivity contribution in [2.24, 2.45) is 0 Å². The molecule has 1 aromatic rings. The first-order valence-electron chi connectivity index (χ1n) is 3.80. The number of aromatic nitrogens is 1. The van der Waals surface area contributed by atoms with Crippen molar-refractivity contribution in [2.45, 2.75) is 26.7 Å².